The average molecular weight is 331 g/mol. The van der Waals surface area contributed by atoms with Gasteiger partial charge in [0.15, 0.2) is 9.84 Å². The van der Waals surface area contributed by atoms with Crippen molar-refractivity contribution < 1.29 is 13.2 Å². The van der Waals surface area contributed by atoms with Gasteiger partial charge >= 0.3 is 0 Å². The maximum absolute atomic E-state index is 11.8. The molecule has 2 rings (SSSR count). The first-order valence-electron chi connectivity index (χ1n) is 6.24. The van der Waals surface area contributed by atoms with Gasteiger partial charge in [0.1, 0.15) is 0 Å². The molecule has 0 saturated carbocycles. The molecule has 1 N–H and O–H groups in total. The van der Waals surface area contributed by atoms with Gasteiger partial charge in [0.2, 0.25) is 5.91 Å². The molecule has 7 heteroatoms. The number of hydrogen-bond donors (Lipinski definition) is 1. The summed E-state index contributed by atoms with van der Waals surface area (Å²) < 4.78 is 22.6. The Balaban J connectivity index is 1.78. The molecule has 1 fully saturated rings. The predicted molar refractivity (Wildman–Crippen MR) is 86.4 cm³/mol. The largest absolute Gasteiger partial charge is 0.325 e. The molecule has 0 aliphatic carbocycles. The topological polar surface area (TPSA) is 63.2 Å². The Bertz CT molecular complexity index is 569. The van der Waals surface area contributed by atoms with Gasteiger partial charge in [0.05, 0.1) is 17.3 Å². The van der Waals surface area contributed by atoms with E-state index in [1.165, 1.54) is 11.8 Å². The van der Waals surface area contributed by atoms with Gasteiger partial charge in [0, 0.05) is 15.8 Å². The summed E-state index contributed by atoms with van der Waals surface area (Å²) in [7, 11) is -2.86. The monoisotopic (exact) mass is 331 g/mol. The Morgan fingerprint density at radius 1 is 1.35 bits per heavy atom. The average Bonchev–Trinajstić information content (AvgIpc) is 2.77. The van der Waals surface area contributed by atoms with E-state index in [0.717, 1.165) is 10.6 Å². The van der Waals surface area contributed by atoms with Crippen LogP contribution in [-0.2, 0) is 14.6 Å². The molecule has 0 aromatic heterocycles. The summed E-state index contributed by atoms with van der Waals surface area (Å²) in [5.74, 6) is 0.663. The minimum atomic E-state index is -2.86. The zero-order valence-corrected chi connectivity index (χ0v) is 13.6. The highest BCUT2D eigenvalue weighted by Gasteiger charge is 2.28. The fourth-order valence-corrected chi connectivity index (χ4v) is 5.81. The van der Waals surface area contributed by atoms with Crippen molar-refractivity contribution in [1.82, 2.24) is 0 Å². The molecule has 0 radical (unpaired) electrons. The number of carbonyl (C=O) groups excluding carboxylic acids is 1. The molecule has 1 aromatic carbocycles. The van der Waals surface area contributed by atoms with Crippen molar-refractivity contribution in [1.29, 1.82) is 0 Å². The maximum atomic E-state index is 11.8. The van der Waals surface area contributed by atoms with E-state index in [2.05, 4.69) is 5.32 Å². The van der Waals surface area contributed by atoms with Gasteiger partial charge in [-0.1, -0.05) is 0 Å². The van der Waals surface area contributed by atoms with E-state index in [1.807, 2.05) is 30.5 Å². The normalized spacial score (nSPS) is 20.8. The molecule has 1 amide bonds. The van der Waals surface area contributed by atoms with Crippen LogP contribution in [0.2, 0.25) is 0 Å². The van der Waals surface area contributed by atoms with Crippen LogP contribution in [0.5, 0.6) is 0 Å². The minimum absolute atomic E-state index is 0.0598. The van der Waals surface area contributed by atoms with Crippen molar-refractivity contribution in [3.63, 3.8) is 0 Å². The van der Waals surface area contributed by atoms with Gasteiger partial charge in [0.25, 0.3) is 0 Å². The molecule has 1 atom stereocenters. The summed E-state index contributed by atoms with van der Waals surface area (Å²) in [5.41, 5.74) is 0.771. The number of amides is 1. The van der Waals surface area contributed by atoms with Gasteiger partial charge in [-0.25, -0.2) is 8.42 Å². The van der Waals surface area contributed by atoms with E-state index in [-0.39, 0.29) is 22.7 Å². The van der Waals surface area contributed by atoms with Crippen molar-refractivity contribution in [3.05, 3.63) is 24.3 Å². The van der Waals surface area contributed by atoms with Gasteiger partial charge in [-0.3, -0.25) is 4.79 Å². The van der Waals surface area contributed by atoms with Crippen LogP contribution in [0.1, 0.15) is 6.42 Å². The fraction of sp³-hybridized carbons (Fsp3) is 0.462. The van der Waals surface area contributed by atoms with E-state index in [1.54, 1.807) is 11.8 Å². The quantitative estimate of drug-likeness (QED) is 0.839. The van der Waals surface area contributed by atoms with Crippen molar-refractivity contribution in [2.45, 2.75) is 16.6 Å². The van der Waals surface area contributed by atoms with E-state index in [9.17, 15) is 13.2 Å². The zero-order chi connectivity index (χ0) is 14.6. The summed E-state index contributed by atoms with van der Waals surface area (Å²) in [6.45, 7) is 0. The summed E-state index contributed by atoms with van der Waals surface area (Å²) in [5, 5.41) is 2.88. The van der Waals surface area contributed by atoms with Crippen molar-refractivity contribution >= 4 is 45.0 Å². The van der Waals surface area contributed by atoms with Crippen LogP contribution in [0.4, 0.5) is 5.69 Å². The number of hydrogen-bond acceptors (Lipinski definition) is 5. The van der Waals surface area contributed by atoms with Crippen LogP contribution in [0.15, 0.2) is 29.2 Å². The van der Waals surface area contributed by atoms with Crippen LogP contribution in [0, 0.1) is 0 Å². The Hall–Kier alpha value is -0.660. The first-order valence-corrected chi connectivity index (χ1v) is 10.3. The van der Waals surface area contributed by atoms with E-state index >= 15 is 0 Å². The summed E-state index contributed by atoms with van der Waals surface area (Å²) in [6.07, 6.45) is 2.66. The third kappa shape index (κ3) is 4.71. The molecule has 4 nitrogen and oxygen atoms in total. The molecule has 1 aliphatic heterocycles. The van der Waals surface area contributed by atoms with Gasteiger partial charge in [-0.2, -0.15) is 0 Å². The van der Waals surface area contributed by atoms with Gasteiger partial charge in [-0.15, -0.1) is 23.5 Å². The molecule has 1 aromatic rings. The molecule has 0 unspecified atom stereocenters. The number of anilines is 1. The number of sulfone groups is 1. The number of benzene rings is 1. The molecule has 110 valence electrons. The Morgan fingerprint density at radius 2 is 2.05 bits per heavy atom. The number of nitrogens with one attached hydrogen (secondary N) is 1. The second-order valence-corrected chi connectivity index (χ2v) is 9.01. The number of carbonyl (C=O) groups is 1. The molecular weight excluding hydrogens is 314 g/mol. The van der Waals surface area contributed by atoms with Gasteiger partial charge in [-0.05, 0) is 36.9 Å². The summed E-state index contributed by atoms with van der Waals surface area (Å²) >= 11 is 3.08. The Kier molecular flexibility index (Phi) is 5.40. The highest BCUT2D eigenvalue weighted by molar-refractivity contribution is 8.02. The number of thioether (sulfide) groups is 2. The lowest BCUT2D eigenvalue weighted by Gasteiger charge is -2.08. The van der Waals surface area contributed by atoms with Gasteiger partial charge < -0.3 is 5.32 Å². The van der Waals surface area contributed by atoms with Crippen LogP contribution in [0.3, 0.4) is 0 Å². The second-order valence-electron chi connectivity index (χ2n) is 4.61. The lowest BCUT2D eigenvalue weighted by molar-refractivity contribution is -0.113. The smallest absolute Gasteiger partial charge is 0.234 e. The van der Waals surface area contributed by atoms with Crippen molar-refractivity contribution in [2.24, 2.45) is 0 Å². The molecule has 1 heterocycles. The molecular formula is C13H17NO3S3. The molecule has 0 spiro atoms. The first kappa shape index (κ1) is 15.7. The van der Waals surface area contributed by atoms with Crippen molar-refractivity contribution in [2.75, 3.05) is 28.8 Å². The standard InChI is InChI=1S/C13H17NO3S3/c1-18-11-4-2-10(3-5-11)14-13(15)8-19-12-6-7-20(16,17)9-12/h2-5,12H,6-9H2,1H3,(H,14,15)/t12-/m1/s1. The van der Waals surface area contributed by atoms with E-state index < -0.39 is 9.84 Å². The third-order valence-electron chi connectivity index (χ3n) is 3.01. The summed E-state index contributed by atoms with van der Waals surface area (Å²) in [6, 6.07) is 7.65. The number of rotatable bonds is 5. The van der Waals surface area contributed by atoms with Crippen molar-refractivity contribution in [3.8, 4) is 0 Å². The predicted octanol–water partition coefficient (Wildman–Crippen LogP) is 2.27. The summed E-state index contributed by atoms with van der Waals surface area (Å²) in [4.78, 5) is 12.9. The Labute approximate surface area is 128 Å². The third-order valence-corrected chi connectivity index (χ3v) is 7.04. The maximum Gasteiger partial charge on any atom is 0.234 e. The van der Waals surface area contributed by atoms with Crippen LogP contribution >= 0.6 is 23.5 Å². The fourth-order valence-electron chi connectivity index (χ4n) is 1.96. The van der Waals surface area contributed by atoms with Crippen LogP contribution < -0.4 is 5.32 Å². The Morgan fingerprint density at radius 3 is 2.60 bits per heavy atom. The zero-order valence-electron chi connectivity index (χ0n) is 11.2. The first-order chi connectivity index (χ1) is 9.48. The molecule has 20 heavy (non-hydrogen) atoms. The SMILES string of the molecule is CSc1ccc(NC(=O)CS[C@@H]2CCS(=O)(=O)C2)cc1. The van der Waals surface area contributed by atoms with Crippen LogP contribution in [0.25, 0.3) is 0 Å². The molecule has 0 bridgehead atoms. The van der Waals surface area contributed by atoms with Crippen LogP contribution in [-0.4, -0.2) is 43.1 Å². The molecule has 1 saturated heterocycles. The second kappa shape index (κ2) is 6.87. The molecule has 1 aliphatic rings. The highest BCUT2D eigenvalue weighted by Crippen LogP contribution is 2.24. The highest BCUT2D eigenvalue weighted by atomic mass is 32.2. The lowest BCUT2D eigenvalue weighted by atomic mass is 10.3. The minimum Gasteiger partial charge on any atom is -0.325 e. The van der Waals surface area contributed by atoms with E-state index in [0.29, 0.717) is 12.2 Å². The lowest BCUT2D eigenvalue weighted by Crippen LogP contribution is -2.17. The van der Waals surface area contributed by atoms with E-state index in [4.69, 9.17) is 0 Å².